The maximum Gasteiger partial charge on any atom is 0.326 e. The Bertz CT molecular complexity index is 128. The number of nitrogens with two attached hydrogens (primary N) is 1. The Morgan fingerprint density at radius 1 is 1.80 bits per heavy atom. The molecule has 0 aromatic heterocycles. The van der Waals surface area contributed by atoms with Crippen LogP contribution in [0.25, 0.3) is 0 Å². The summed E-state index contributed by atoms with van der Waals surface area (Å²) >= 11 is 0. The van der Waals surface area contributed by atoms with Gasteiger partial charge in [-0.05, 0) is 6.92 Å². The lowest BCUT2D eigenvalue weighted by molar-refractivity contribution is -0.145. The first-order valence-corrected chi connectivity index (χ1v) is 2.86. The Labute approximate surface area is 58.8 Å². The number of aliphatic carboxylic acids is 1. The molecule has 0 saturated heterocycles. The molecule has 0 amide bonds. The number of carboxylic acid groups (broad SMARTS) is 1. The van der Waals surface area contributed by atoms with Crippen LogP contribution >= 0.6 is 0 Å². The molecule has 5 heteroatoms. The van der Waals surface area contributed by atoms with E-state index in [1.807, 2.05) is 0 Å². The van der Waals surface area contributed by atoms with E-state index in [1.54, 1.807) is 0 Å². The lowest BCUT2D eigenvalue weighted by Crippen LogP contribution is -2.54. The molecule has 0 aliphatic rings. The lowest BCUT2D eigenvalue weighted by atomic mass is 10.1. The molecule has 5 N–H and O–H groups in total. The summed E-state index contributed by atoms with van der Waals surface area (Å²) in [6.07, 6.45) is 0. The molecule has 0 aromatic rings. The molecule has 1 atom stereocenters. The van der Waals surface area contributed by atoms with E-state index in [1.165, 1.54) is 6.92 Å². The fourth-order valence-corrected chi connectivity index (χ4v) is 0.424. The zero-order valence-electron chi connectivity index (χ0n) is 5.79. The molecule has 0 aromatic carbocycles. The molecule has 0 radical (unpaired) electrons. The molecule has 0 heterocycles. The van der Waals surface area contributed by atoms with Crippen LogP contribution in [0, 0.1) is 0 Å². The number of hydrogen-bond donors (Lipinski definition) is 4. The normalized spacial score (nSPS) is 16.3. The van der Waals surface area contributed by atoms with Crippen molar-refractivity contribution in [2.24, 2.45) is 5.73 Å². The van der Waals surface area contributed by atoms with Gasteiger partial charge in [0.05, 0.1) is 6.61 Å². The molecule has 10 heavy (non-hydrogen) atoms. The van der Waals surface area contributed by atoms with Crippen LogP contribution in [0.5, 0.6) is 0 Å². The summed E-state index contributed by atoms with van der Waals surface area (Å²) in [5.74, 6) is -1.11. The second-order valence-electron chi connectivity index (χ2n) is 2.18. The molecule has 0 aliphatic heterocycles. The van der Waals surface area contributed by atoms with Crippen molar-refractivity contribution in [3.05, 3.63) is 0 Å². The monoisotopic (exact) mass is 148 g/mol. The molecule has 60 valence electrons. The van der Waals surface area contributed by atoms with Crippen molar-refractivity contribution in [1.82, 2.24) is 5.32 Å². The second-order valence-corrected chi connectivity index (χ2v) is 2.18. The predicted molar refractivity (Wildman–Crippen MR) is 35.3 cm³/mol. The minimum Gasteiger partial charge on any atom is -0.480 e. The predicted octanol–water partition coefficient (Wildman–Crippen LogP) is -1.67. The van der Waals surface area contributed by atoms with Crippen molar-refractivity contribution >= 4 is 5.97 Å². The van der Waals surface area contributed by atoms with Crippen LogP contribution in [0.2, 0.25) is 0 Å². The number of carbonyl (C=O) groups is 1. The van der Waals surface area contributed by atoms with Gasteiger partial charge >= 0.3 is 5.97 Å². The zero-order valence-corrected chi connectivity index (χ0v) is 5.79. The molecular formula is C5H12N2O3. The van der Waals surface area contributed by atoms with Gasteiger partial charge in [0.25, 0.3) is 0 Å². The van der Waals surface area contributed by atoms with Crippen LogP contribution < -0.4 is 11.1 Å². The Morgan fingerprint density at radius 3 is 2.40 bits per heavy atom. The summed E-state index contributed by atoms with van der Waals surface area (Å²) in [4.78, 5) is 10.4. The van der Waals surface area contributed by atoms with Gasteiger partial charge in [-0.15, -0.1) is 0 Å². The van der Waals surface area contributed by atoms with Gasteiger partial charge in [0, 0.05) is 6.67 Å². The summed E-state index contributed by atoms with van der Waals surface area (Å²) in [7, 11) is 0. The van der Waals surface area contributed by atoms with Crippen molar-refractivity contribution in [2.75, 3.05) is 13.3 Å². The molecular weight excluding hydrogens is 136 g/mol. The van der Waals surface area contributed by atoms with Gasteiger partial charge in [0.1, 0.15) is 5.54 Å². The fourth-order valence-electron chi connectivity index (χ4n) is 0.424. The molecule has 0 aliphatic carbocycles. The van der Waals surface area contributed by atoms with Crippen LogP contribution in [-0.2, 0) is 4.79 Å². The fraction of sp³-hybridized carbons (Fsp3) is 0.800. The number of aliphatic hydroxyl groups excluding tert-OH is 1. The van der Waals surface area contributed by atoms with Gasteiger partial charge in [-0.25, -0.2) is 0 Å². The SMILES string of the molecule is C[C@@](CO)(NCN)C(=O)O. The number of hydrogen-bond acceptors (Lipinski definition) is 4. The Kier molecular flexibility index (Phi) is 3.27. The maximum absolute atomic E-state index is 10.4. The smallest absolute Gasteiger partial charge is 0.326 e. The number of rotatable bonds is 4. The highest BCUT2D eigenvalue weighted by Gasteiger charge is 2.30. The van der Waals surface area contributed by atoms with Crippen molar-refractivity contribution in [3.8, 4) is 0 Å². The van der Waals surface area contributed by atoms with Crippen LogP contribution in [0.3, 0.4) is 0 Å². The highest BCUT2D eigenvalue weighted by atomic mass is 16.4. The van der Waals surface area contributed by atoms with Gasteiger partial charge in [0.15, 0.2) is 0 Å². The van der Waals surface area contributed by atoms with Gasteiger partial charge in [0.2, 0.25) is 0 Å². The largest absolute Gasteiger partial charge is 0.480 e. The van der Waals surface area contributed by atoms with Crippen molar-refractivity contribution in [2.45, 2.75) is 12.5 Å². The van der Waals surface area contributed by atoms with Crippen LogP contribution in [0.1, 0.15) is 6.92 Å². The maximum atomic E-state index is 10.4. The van der Waals surface area contributed by atoms with E-state index in [0.29, 0.717) is 0 Å². The highest BCUT2D eigenvalue weighted by Crippen LogP contribution is 2.00. The molecule has 0 rings (SSSR count). The average molecular weight is 148 g/mol. The van der Waals surface area contributed by atoms with E-state index in [-0.39, 0.29) is 6.67 Å². The van der Waals surface area contributed by atoms with Crippen LogP contribution in [0.15, 0.2) is 0 Å². The number of aliphatic hydroxyl groups is 1. The first-order chi connectivity index (χ1) is 4.56. The number of carboxylic acids is 1. The third-order valence-corrected chi connectivity index (χ3v) is 1.28. The van der Waals surface area contributed by atoms with Gasteiger partial charge < -0.3 is 15.9 Å². The Balaban J connectivity index is 4.08. The molecule has 0 saturated carbocycles. The van der Waals surface area contributed by atoms with Gasteiger partial charge in [-0.1, -0.05) is 0 Å². The first kappa shape index (κ1) is 9.35. The Hall–Kier alpha value is -0.650. The lowest BCUT2D eigenvalue weighted by Gasteiger charge is -2.22. The van der Waals surface area contributed by atoms with E-state index < -0.39 is 18.1 Å². The van der Waals surface area contributed by atoms with E-state index in [0.717, 1.165) is 0 Å². The van der Waals surface area contributed by atoms with Gasteiger partial charge in [-0.3, -0.25) is 10.1 Å². The topological polar surface area (TPSA) is 95.6 Å². The molecule has 0 bridgehead atoms. The summed E-state index contributed by atoms with van der Waals surface area (Å²) < 4.78 is 0. The van der Waals surface area contributed by atoms with Crippen molar-refractivity contribution < 1.29 is 15.0 Å². The minimum absolute atomic E-state index is 0.0311. The minimum atomic E-state index is -1.31. The highest BCUT2D eigenvalue weighted by molar-refractivity contribution is 5.78. The second kappa shape index (κ2) is 3.50. The number of nitrogens with one attached hydrogen (secondary N) is 1. The van der Waals surface area contributed by atoms with Gasteiger partial charge in [-0.2, -0.15) is 0 Å². The Morgan fingerprint density at radius 2 is 2.30 bits per heavy atom. The van der Waals surface area contributed by atoms with E-state index >= 15 is 0 Å². The molecule has 0 unspecified atom stereocenters. The van der Waals surface area contributed by atoms with Crippen LogP contribution in [0.4, 0.5) is 0 Å². The van der Waals surface area contributed by atoms with Crippen molar-refractivity contribution in [1.29, 1.82) is 0 Å². The first-order valence-electron chi connectivity index (χ1n) is 2.86. The van der Waals surface area contributed by atoms with E-state index in [2.05, 4.69) is 5.32 Å². The third kappa shape index (κ3) is 1.94. The summed E-state index contributed by atoms with van der Waals surface area (Å²) in [5.41, 5.74) is 3.73. The van der Waals surface area contributed by atoms with E-state index in [4.69, 9.17) is 15.9 Å². The summed E-state index contributed by atoms with van der Waals surface area (Å²) in [5, 5.41) is 19.5. The molecule has 0 fully saturated rings. The average Bonchev–Trinajstić information content (AvgIpc) is 1.88. The quantitative estimate of drug-likeness (QED) is 0.357. The summed E-state index contributed by atoms with van der Waals surface area (Å²) in [6.45, 7) is 0.922. The standard InChI is InChI=1S/C5H12N2O3/c1-5(2-8,4(9)10)7-3-6/h7-8H,2-3,6H2,1H3,(H,9,10)/t5-/m0/s1. The summed E-state index contributed by atoms with van der Waals surface area (Å²) in [6, 6.07) is 0. The molecule has 5 nitrogen and oxygen atoms in total. The van der Waals surface area contributed by atoms with E-state index in [9.17, 15) is 4.79 Å². The van der Waals surface area contributed by atoms with Crippen molar-refractivity contribution in [3.63, 3.8) is 0 Å². The van der Waals surface area contributed by atoms with Crippen LogP contribution in [-0.4, -0.2) is 35.0 Å². The molecule has 0 spiro atoms. The third-order valence-electron chi connectivity index (χ3n) is 1.28. The zero-order chi connectivity index (χ0) is 8.20.